The fourth-order valence-corrected chi connectivity index (χ4v) is 3.65. The highest BCUT2D eigenvalue weighted by Gasteiger charge is 2.55. The molecule has 1 aromatic carbocycles. The molecule has 1 fully saturated rings. The van der Waals surface area contributed by atoms with Crippen LogP contribution in [0.4, 0.5) is 0 Å². The second-order valence-electron chi connectivity index (χ2n) is 6.42. The average Bonchev–Trinajstić information content (AvgIpc) is 2.81. The molecule has 1 aliphatic carbocycles. The Hall–Kier alpha value is -1.87. The molecule has 3 heteroatoms. The summed E-state index contributed by atoms with van der Waals surface area (Å²) in [7, 11) is 4.13. The lowest BCUT2D eigenvalue weighted by Crippen LogP contribution is -2.38. The van der Waals surface area contributed by atoms with Crippen LogP contribution in [0.2, 0.25) is 0 Å². The van der Waals surface area contributed by atoms with Crippen LogP contribution >= 0.6 is 0 Å². The summed E-state index contributed by atoms with van der Waals surface area (Å²) in [6.07, 6.45) is 8.74. The smallest absolute Gasteiger partial charge is 0.322 e. The Kier molecular flexibility index (Phi) is 4.16. The van der Waals surface area contributed by atoms with Crippen molar-refractivity contribution < 1.29 is 9.53 Å². The fraction of sp³-hybridized carbons (Fsp3) is 0.421. The summed E-state index contributed by atoms with van der Waals surface area (Å²) in [6.45, 7) is 0.976. The first-order chi connectivity index (χ1) is 10.6. The van der Waals surface area contributed by atoms with Crippen molar-refractivity contribution in [1.82, 2.24) is 4.90 Å². The van der Waals surface area contributed by atoms with E-state index in [1.807, 2.05) is 30.4 Å². The minimum absolute atomic E-state index is 0.0857. The number of ether oxygens (including phenoxy) is 1. The molecule has 2 atom stereocenters. The second-order valence-corrected chi connectivity index (χ2v) is 6.42. The SMILES string of the molecule is CN(C)CCCC1(c2ccccc2)C(=O)OC2=CC=CCC21. The molecule has 2 unspecified atom stereocenters. The maximum atomic E-state index is 12.8. The van der Waals surface area contributed by atoms with Gasteiger partial charge in [-0.1, -0.05) is 42.5 Å². The standard InChI is InChI=1S/C19H23NO2/c1-20(2)14-8-13-19(15-9-4-3-5-10-15)16-11-6-7-12-17(16)22-18(19)21/h3-7,9-10,12,16H,8,11,13-14H2,1-2H3. The number of carbonyl (C=O) groups excluding carboxylic acids is 1. The van der Waals surface area contributed by atoms with Gasteiger partial charge in [0.1, 0.15) is 11.2 Å². The summed E-state index contributed by atoms with van der Waals surface area (Å²) in [4.78, 5) is 15.0. The quantitative estimate of drug-likeness (QED) is 0.781. The molecular formula is C19H23NO2. The number of allylic oxidation sites excluding steroid dienone is 4. The van der Waals surface area contributed by atoms with Gasteiger partial charge in [-0.2, -0.15) is 0 Å². The van der Waals surface area contributed by atoms with E-state index >= 15 is 0 Å². The maximum Gasteiger partial charge on any atom is 0.322 e. The fourth-order valence-electron chi connectivity index (χ4n) is 3.65. The van der Waals surface area contributed by atoms with Gasteiger partial charge in [0.05, 0.1) is 0 Å². The van der Waals surface area contributed by atoms with Crippen molar-refractivity contribution in [3.63, 3.8) is 0 Å². The van der Waals surface area contributed by atoms with Crippen molar-refractivity contribution in [2.45, 2.75) is 24.7 Å². The predicted octanol–water partition coefficient (Wildman–Crippen LogP) is 3.28. The summed E-state index contributed by atoms with van der Waals surface area (Å²) >= 11 is 0. The molecule has 2 aliphatic rings. The summed E-state index contributed by atoms with van der Waals surface area (Å²) in [5, 5.41) is 0. The number of nitrogens with zero attached hydrogens (tertiary/aromatic N) is 1. The van der Waals surface area contributed by atoms with Crippen LogP contribution in [0.25, 0.3) is 0 Å². The Morgan fingerprint density at radius 2 is 2.05 bits per heavy atom. The van der Waals surface area contributed by atoms with Crippen LogP contribution in [-0.2, 0) is 14.9 Å². The van der Waals surface area contributed by atoms with Crippen LogP contribution in [0, 0.1) is 5.92 Å². The largest absolute Gasteiger partial charge is 0.430 e. The molecule has 0 amide bonds. The molecule has 0 N–H and O–H groups in total. The lowest BCUT2D eigenvalue weighted by Gasteiger charge is -2.32. The van der Waals surface area contributed by atoms with Gasteiger partial charge in [0.15, 0.2) is 0 Å². The minimum atomic E-state index is -0.534. The van der Waals surface area contributed by atoms with Crippen LogP contribution in [-0.4, -0.2) is 31.5 Å². The van der Waals surface area contributed by atoms with Crippen molar-refractivity contribution in [1.29, 1.82) is 0 Å². The molecule has 0 bridgehead atoms. The highest BCUT2D eigenvalue weighted by molar-refractivity contribution is 5.88. The normalized spacial score (nSPS) is 26.8. The summed E-state index contributed by atoms with van der Waals surface area (Å²) < 4.78 is 5.65. The third-order valence-corrected chi connectivity index (χ3v) is 4.75. The van der Waals surface area contributed by atoms with Gasteiger partial charge in [0.2, 0.25) is 0 Å². The second kappa shape index (κ2) is 6.09. The minimum Gasteiger partial charge on any atom is -0.430 e. The van der Waals surface area contributed by atoms with Crippen LogP contribution in [0.1, 0.15) is 24.8 Å². The first-order valence-electron chi connectivity index (χ1n) is 7.94. The Morgan fingerprint density at radius 3 is 2.77 bits per heavy atom. The number of carbonyl (C=O) groups is 1. The van der Waals surface area contributed by atoms with Crippen LogP contribution < -0.4 is 0 Å². The number of benzene rings is 1. The van der Waals surface area contributed by atoms with E-state index in [1.54, 1.807) is 0 Å². The zero-order chi connectivity index (χ0) is 15.6. The zero-order valence-corrected chi connectivity index (χ0v) is 13.3. The molecule has 1 aromatic rings. The zero-order valence-electron chi connectivity index (χ0n) is 13.3. The van der Waals surface area contributed by atoms with E-state index in [-0.39, 0.29) is 11.9 Å². The van der Waals surface area contributed by atoms with E-state index in [0.29, 0.717) is 0 Å². The molecule has 3 nitrogen and oxygen atoms in total. The van der Waals surface area contributed by atoms with Crippen LogP contribution in [0.3, 0.4) is 0 Å². The van der Waals surface area contributed by atoms with Gasteiger partial charge in [0.25, 0.3) is 0 Å². The Labute approximate surface area is 132 Å². The molecule has 0 radical (unpaired) electrons. The van der Waals surface area contributed by atoms with E-state index in [9.17, 15) is 4.79 Å². The van der Waals surface area contributed by atoms with Gasteiger partial charge in [-0.05, 0) is 51.5 Å². The van der Waals surface area contributed by atoms with Crippen molar-refractivity contribution >= 4 is 5.97 Å². The van der Waals surface area contributed by atoms with Crippen LogP contribution in [0.15, 0.2) is 54.3 Å². The van der Waals surface area contributed by atoms with E-state index in [4.69, 9.17) is 4.74 Å². The maximum absolute atomic E-state index is 12.8. The molecule has 3 rings (SSSR count). The first-order valence-corrected chi connectivity index (χ1v) is 7.94. The molecule has 1 saturated heterocycles. The summed E-state index contributed by atoms with van der Waals surface area (Å²) in [6, 6.07) is 10.2. The molecule has 0 aromatic heterocycles. The van der Waals surface area contributed by atoms with E-state index in [2.05, 4.69) is 37.2 Å². The average molecular weight is 297 g/mol. The third-order valence-electron chi connectivity index (χ3n) is 4.75. The lowest BCUT2D eigenvalue weighted by atomic mass is 9.66. The van der Waals surface area contributed by atoms with Gasteiger partial charge in [0, 0.05) is 5.92 Å². The van der Waals surface area contributed by atoms with Crippen molar-refractivity contribution in [3.8, 4) is 0 Å². The highest BCUT2D eigenvalue weighted by atomic mass is 16.5. The Morgan fingerprint density at radius 1 is 1.27 bits per heavy atom. The first kappa shape index (κ1) is 15.0. The number of esters is 1. The van der Waals surface area contributed by atoms with Gasteiger partial charge in [-0.15, -0.1) is 0 Å². The van der Waals surface area contributed by atoms with Crippen molar-refractivity contribution in [3.05, 3.63) is 59.9 Å². The van der Waals surface area contributed by atoms with E-state index < -0.39 is 5.41 Å². The van der Waals surface area contributed by atoms with E-state index in [1.165, 1.54) is 0 Å². The molecule has 116 valence electrons. The van der Waals surface area contributed by atoms with Crippen molar-refractivity contribution in [2.75, 3.05) is 20.6 Å². The lowest BCUT2D eigenvalue weighted by molar-refractivity contribution is -0.141. The molecule has 22 heavy (non-hydrogen) atoms. The van der Waals surface area contributed by atoms with Gasteiger partial charge in [-0.25, -0.2) is 0 Å². The topological polar surface area (TPSA) is 29.5 Å². The molecular weight excluding hydrogens is 274 g/mol. The molecule has 0 saturated carbocycles. The van der Waals surface area contributed by atoms with Gasteiger partial charge in [-0.3, -0.25) is 4.79 Å². The van der Waals surface area contributed by atoms with Gasteiger partial charge >= 0.3 is 5.97 Å². The summed E-state index contributed by atoms with van der Waals surface area (Å²) in [5.41, 5.74) is 0.552. The Balaban J connectivity index is 1.98. The molecule has 1 heterocycles. The predicted molar refractivity (Wildman–Crippen MR) is 87.3 cm³/mol. The monoisotopic (exact) mass is 297 g/mol. The van der Waals surface area contributed by atoms with Gasteiger partial charge < -0.3 is 9.64 Å². The molecule has 1 aliphatic heterocycles. The number of hydrogen-bond donors (Lipinski definition) is 0. The number of fused-ring (bicyclic) bond motifs is 1. The molecule has 0 spiro atoms. The van der Waals surface area contributed by atoms with E-state index in [0.717, 1.165) is 37.1 Å². The third kappa shape index (κ3) is 2.50. The van der Waals surface area contributed by atoms with Crippen molar-refractivity contribution in [2.24, 2.45) is 5.92 Å². The number of rotatable bonds is 5. The number of hydrogen-bond acceptors (Lipinski definition) is 3. The highest BCUT2D eigenvalue weighted by Crippen LogP contribution is 2.50. The summed E-state index contributed by atoms with van der Waals surface area (Å²) in [5.74, 6) is 0.883. The Bertz CT molecular complexity index is 603. The van der Waals surface area contributed by atoms with Crippen LogP contribution in [0.5, 0.6) is 0 Å².